The number of furan rings is 1. The summed E-state index contributed by atoms with van der Waals surface area (Å²) >= 11 is 0. The van der Waals surface area contributed by atoms with E-state index in [1.165, 1.54) is 0 Å². The number of ether oxygens (including phenoxy) is 1. The van der Waals surface area contributed by atoms with Gasteiger partial charge in [-0.25, -0.2) is 0 Å². The molecular weight excluding hydrogens is 410 g/mol. The Morgan fingerprint density at radius 1 is 0.939 bits per heavy atom. The summed E-state index contributed by atoms with van der Waals surface area (Å²) in [4.78, 5) is 16.1. The predicted molar refractivity (Wildman–Crippen MR) is 134 cm³/mol. The number of benzene rings is 3. The number of nitrogens with zero attached hydrogens (tertiary/aromatic N) is 1. The zero-order valence-electron chi connectivity index (χ0n) is 19.6. The number of ketones is 1. The van der Waals surface area contributed by atoms with E-state index < -0.39 is 0 Å². The molecule has 33 heavy (non-hydrogen) atoms. The van der Waals surface area contributed by atoms with Crippen LogP contribution in [-0.4, -0.2) is 36.9 Å². The van der Waals surface area contributed by atoms with Crippen molar-refractivity contribution in [2.24, 2.45) is 0 Å². The Hall–Kier alpha value is -3.37. The highest BCUT2D eigenvalue weighted by molar-refractivity contribution is 6.19. The van der Waals surface area contributed by atoms with E-state index in [2.05, 4.69) is 18.7 Å². The van der Waals surface area contributed by atoms with Gasteiger partial charge in [0.15, 0.2) is 5.78 Å². The molecule has 0 radical (unpaired) electrons. The average molecular weight is 442 g/mol. The summed E-state index contributed by atoms with van der Waals surface area (Å²) < 4.78 is 12.1. The van der Waals surface area contributed by atoms with Crippen LogP contribution in [0.15, 0.2) is 77.2 Å². The molecule has 0 saturated carbocycles. The summed E-state index contributed by atoms with van der Waals surface area (Å²) in [5.74, 6) is 1.39. The van der Waals surface area contributed by atoms with E-state index in [-0.39, 0.29) is 5.78 Å². The Kier molecular flexibility index (Phi) is 7.26. The minimum Gasteiger partial charge on any atom is -0.493 e. The van der Waals surface area contributed by atoms with Crippen molar-refractivity contribution < 1.29 is 13.9 Å². The molecule has 0 amide bonds. The van der Waals surface area contributed by atoms with Crippen LogP contribution in [0, 0.1) is 6.92 Å². The topological polar surface area (TPSA) is 42.7 Å². The molecule has 4 rings (SSSR count). The Morgan fingerprint density at radius 3 is 2.39 bits per heavy atom. The molecule has 0 fully saturated rings. The first-order valence-electron chi connectivity index (χ1n) is 11.7. The SMILES string of the molecule is CCN(CC)CCCOc1ccc(C(=O)c2c(-c3ccccc3)oc3ccccc23)cc1C. The van der Waals surface area contributed by atoms with Crippen molar-refractivity contribution in [3.05, 3.63) is 89.5 Å². The molecule has 1 heterocycles. The fraction of sp³-hybridized carbons (Fsp3) is 0.276. The molecule has 0 bridgehead atoms. The van der Waals surface area contributed by atoms with Gasteiger partial charge in [0.25, 0.3) is 0 Å². The molecule has 0 N–H and O–H groups in total. The molecule has 4 heteroatoms. The lowest BCUT2D eigenvalue weighted by Crippen LogP contribution is -2.25. The lowest BCUT2D eigenvalue weighted by atomic mass is 9.96. The van der Waals surface area contributed by atoms with E-state index >= 15 is 0 Å². The number of carbonyl (C=O) groups excluding carboxylic acids is 1. The van der Waals surface area contributed by atoms with E-state index in [1.807, 2.05) is 79.7 Å². The molecule has 4 aromatic rings. The summed E-state index contributed by atoms with van der Waals surface area (Å²) in [6.07, 6.45) is 0.975. The summed E-state index contributed by atoms with van der Waals surface area (Å²) in [7, 11) is 0. The van der Waals surface area contributed by atoms with Crippen LogP contribution in [0.3, 0.4) is 0 Å². The van der Waals surface area contributed by atoms with Crippen molar-refractivity contribution >= 4 is 16.8 Å². The fourth-order valence-electron chi connectivity index (χ4n) is 4.17. The van der Waals surface area contributed by atoms with Crippen molar-refractivity contribution in [3.8, 4) is 17.1 Å². The van der Waals surface area contributed by atoms with Crippen molar-refractivity contribution in [3.63, 3.8) is 0 Å². The molecular formula is C29H31NO3. The second-order valence-corrected chi connectivity index (χ2v) is 8.21. The fourth-order valence-corrected chi connectivity index (χ4v) is 4.17. The van der Waals surface area contributed by atoms with Gasteiger partial charge in [0.2, 0.25) is 0 Å². The smallest absolute Gasteiger partial charge is 0.197 e. The maximum Gasteiger partial charge on any atom is 0.197 e. The highest BCUT2D eigenvalue weighted by Gasteiger charge is 2.23. The molecule has 0 aliphatic carbocycles. The largest absolute Gasteiger partial charge is 0.493 e. The zero-order chi connectivity index (χ0) is 23.2. The van der Waals surface area contributed by atoms with Crippen LogP contribution in [0.1, 0.15) is 41.8 Å². The molecule has 4 nitrogen and oxygen atoms in total. The highest BCUT2D eigenvalue weighted by Crippen LogP contribution is 2.35. The van der Waals surface area contributed by atoms with Gasteiger partial charge < -0.3 is 14.1 Å². The van der Waals surface area contributed by atoms with Crippen LogP contribution in [0.2, 0.25) is 0 Å². The third-order valence-electron chi connectivity index (χ3n) is 6.07. The second-order valence-electron chi connectivity index (χ2n) is 8.21. The summed E-state index contributed by atoms with van der Waals surface area (Å²) in [6, 6.07) is 23.2. The van der Waals surface area contributed by atoms with Gasteiger partial charge in [-0.05, 0) is 56.3 Å². The number of hydrogen-bond donors (Lipinski definition) is 0. The molecule has 1 aromatic heterocycles. The van der Waals surface area contributed by atoms with Crippen LogP contribution in [0.5, 0.6) is 5.75 Å². The van der Waals surface area contributed by atoms with Gasteiger partial charge >= 0.3 is 0 Å². The predicted octanol–water partition coefficient (Wildman–Crippen LogP) is 6.75. The van der Waals surface area contributed by atoms with Crippen LogP contribution in [0.4, 0.5) is 0 Å². The molecule has 0 spiro atoms. The average Bonchev–Trinajstić information content (AvgIpc) is 3.24. The standard InChI is InChI=1S/C29H31NO3/c1-4-30(5-2)18-11-19-32-25-17-16-23(20-21(25)3)28(31)27-24-14-9-10-15-26(24)33-29(27)22-12-7-6-8-13-22/h6-10,12-17,20H,4-5,11,18-19H2,1-3H3. The maximum atomic E-state index is 13.7. The van der Waals surface area contributed by atoms with E-state index in [4.69, 9.17) is 9.15 Å². The third-order valence-corrected chi connectivity index (χ3v) is 6.07. The van der Waals surface area contributed by atoms with E-state index in [1.54, 1.807) is 0 Å². The lowest BCUT2D eigenvalue weighted by Gasteiger charge is -2.18. The van der Waals surface area contributed by atoms with Gasteiger partial charge in [-0.2, -0.15) is 0 Å². The maximum absolute atomic E-state index is 13.7. The monoisotopic (exact) mass is 441 g/mol. The third kappa shape index (κ3) is 5.01. The molecule has 0 saturated heterocycles. The minimum absolute atomic E-state index is 0.0463. The number of carbonyl (C=O) groups is 1. The quantitative estimate of drug-likeness (QED) is 0.202. The summed E-state index contributed by atoms with van der Waals surface area (Å²) in [6.45, 7) is 10.1. The molecule has 170 valence electrons. The summed E-state index contributed by atoms with van der Waals surface area (Å²) in [5.41, 5.74) is 3.79. The van der Waals surface area contributed by atoms with Crippen LogP contribution < -0.4 is 4.74 Å². The van der Waals surface area contributed by atoms with Crippen molar-refractivity contribution in [1.82, 2.24) is 4.90 Å². The van der Waals surface area contributed by atoms with Crippen LogP contribution >= 0.6 is 0 Å². The van der Waals surface area contributed by atoms with Crippen LogP contribution in [-0.2, 0) is 0 Å². The number of hydrogen-bond acceptors (Lipinski definition) is 4. The van der Waals surface area contributed by atoms with Gasteiger partial charge in [-0.1, -0.05) is 62.4 Å². The van der Waals surface area contributed by atoms with Gasteiger partial charge in [-0.15, -0.1) is 0 Å². The normalized spacial score (nSPS) is 11.3. The highest BCUT2D eigenvalue weighted by atomic mass is 16.5. The Balaban J connectivity index is 1.58. The Bertz CT molecular complexity index is 1220. The first-order chi connectivity index (χ1) is 16.1. The lowest BCUT2D eigenvalue weighted by molar-refractivity contribution is 0.104. The van der Waals surface area contributed by atoms with Crippen molar-refractivity contribution in [2.45, 2.75) is 27.2 Å². The molecule has 0 atom stereocenters. The zero-order valence-corrected chi connectivity index (χ0v) is 19.6. The first kappa shape index (κ1) is 22.8. The Morgan fingerprint density at radius 2 is 1.67 bits per heavy atom. The van der Waals surface area contributed by atoms with Gasteiger partial charge in [0, 0.05) is 23.1 Å². The molecule has 0 aliphatic rings. The molecule has 3 aromatic carbocycles. The van der Waals surface area contributed by atoms with Crippen molar-refractivity contribution in [1.29, 1.82) is 0 Å². The Labute approximate surface area is 195 Å². The first-order valence-corrected chi connectivity index (χ1v) is 11.7. The van der Waals surface area contributed by atoms with Gasteiger partial charge in [-0.3, -0.25) is 4.79 Å². The number of aryl methyl sites for hydroxylation is 1. The number of rotatable bonds is 10. The van der Waals surface area contributed by atoms with Gasteiger partial charge in [0.05, 0.1) is 12.2 Å². The number of para-hydroxylation sites is 1. The molecule has 0 unspecified atom stereocenters. The van der Waals surface area contributed by atoms with E-state index in [0.717, 1.165) is 48.3 Å². The second kappa shape index (κ2) is 10.5. The van der Waals surface area contributed by atoms with Gasteiger partial charge in [0.1, 0.15) is 17.1 Å². The minimum atomic E-state index is -0.0463. The number of fused-ring (bicyclic) bond motifs is 1. The summed E-state index contributed by atoms with van der Waals surface area (Å²) in [5, 5.41) is 0.829. The van der Waals surface area contributed by atoms with E-state index in [9.17, 15) is 4.79 Å². The van der Waals surface area contributed by atoms with E-state index in [0.29, 0.717) is 29.1 Å². The van der Waals surface area contributed by atoms with Crippen LogP contribution in [0.25, 0.3) is 22.3 Å². The van der Waals surface area contributed by atoms with Crippen molar-refractivity contribution in [2.75, 3.05) is 26.2 Å². The molecule has 0 aliphatic heterocycles.